The largest absolute Gasteiger partial charge is 0.469 e. The highest BCUT2D eigenvalue weighted by Crippen LogP contribution is 2.44. The molecule has 1 aliphatic rings. The molecule has 0 spiro atoms. The minimum atomic E-state index is -5.02. The summed E-state index contributed by atoms with van der Waals surface area (Å²) in [6.07, 6.45) is -6.94. The monoisotopic (exact) mass is 673 g/mol. The van der Waals surface area contributed by atoms with Gasteiger partial charge in [-0.3, -0.25) is 14.4 Å². The first-order valence-electron chi connectivity index (χ1n) is 10.1. The number of aliphatic hydroxyl groups is 1. The third-order valence-corrected chi connectivity index (χ3v) is 6.56. The van der Waals surface area contributed by atoms with Gasteiger partial charge in [0.1, 0.15) is 23.3 Å². The molecule has 37 heavy (non-hydrogen) atoms. The second-order valence-corrected chi connectivity index (χ2v) is 10.7. The number of hydrogen-bond donors (Lipinski definition) is 4. The van der Waals surface area contributed by atoms with Gasteiger partial charge in [-0.15, -0.1) is 0 Å². The standard InChI is InChI=1S/C19H16Br2F2N3O10P/c20-9-3-8-4-10(35-14(8)11(21)5-9)6-33-18(29)25-13-1-2-26(17(28)24-13)16-19(22,23)15(27)12(36-16)7-34-37(30,31)32/h1-5,12,15-16,27H,6-7H2,(H2,30,31,32)(H,24,25,28,29)/t12?,15-,16-/m1/s1. The molecule has 0 aliphatic carbocycles. The number of phosphoric acid groups is 1. The molecule has 18 heteroatoms. The molecule has 4 N–H and O–H groups in total. The van der Waals surface area contributed by atoms with Crippen LogP contribution in [0.2, 0.25) is 0 Å². The Hall–Kier alpha value is -2.24. The van der Waals surface area contributed by atoms with E-state index >= 15 is 0 Å². The van der Waals surface area contributed by atoms with Crippen LogP contribution in [0.15, 0.2) is 48.6 Å². The van der Waals surface area contributed by atoms with Crippen molar-refractivity contribution in [2.75, 3.05) is 11.9 Å². The van der Waals surface area contributed by atoms with Gasteiger partial charge in [0, 0.05) is 16.1 Å². The Morgan fingerprint density at radius 1 is 1.30 bits per heavy atom. The zero-order chi connectivity index (χ0) is 27.1. The van der Waals surface area contributed by atoms with Gasteiger partial charge in [-0.2, -0.15) is 13.8 Å². The van der Waals surface area contributed by atoms with Crippen LogP contribution in [0.25, 0.3) is 11.0 Å². The van der Waals surface area contributed by atoms with Crippen molar-refractivity contribution < 1.29 is 51.4 Å². The highest BCUT2D eigenvalue weighted by atomic mass is 79.9. The van der Waals surface area contributed by atoms with Crippen molar-refractivity contribution in [3.05, 3.63) is 55.7 Å². The fourth-order valence-corrected chi connectivity index (χ4v) is 5.10. The van der Waals surface area contributed by atoms with E-state index in [0.29, 0.717) is 20.4 Å². The smallest absolute Gasteiger partial charge is 0.456 e. The number of alkyl halides is 2. The van der Waals surface area contributed by atoms with Crippen LogP contribution in [-0.4, -0.2) is 55.3 Å². The predicted octanol–water partition coefficient (Wildman–Crippen LogP) is 3.27. The lowest BCUT2D eigenvalue weighted by Crippen LogP contribution is -2.42. The SMILES string of the molecule is O=C(Nc1ccn([C@@H]2OC(COP(=O)(O)O)[C@@H](O)C2(F)F)c(=O)n1)OCc1cc2cc(Br)cc(Br)c2o1. The summed E-state index contributed by atoms with van der Waals surface area (Å²) in [5.74, 6) is -4.05. The molecule has 13 nitrogen and oxygen atoms in total. The summed E-state index contributed by atoms with van der Waals surface area (Å²) in [6.45, 7) is -1.33. The first kappa shape index (κ1) is 27.8. The van der Waals surface area contributed by atoms with E-state index < -0.39 is 50.6 Å². The maximum Gasteiger partial charge on any atom is 0.469 e. The number of hydrogen-bond acceptors (Lipinski definition) is 9. The molecule has 3 aromatic rings. The van der Waals surface area contributed by atoms with E-state index in [0.717, 1.165) is 22.1 Å². The van der Waals surface area contributed by atoms with Gasteiger partial charge in [-0.1, -0.05) is 15.9 Å². The number of phosphoric ester groups is 1. The fraction of sp³-hybridized carbons (Fsp3) is 0.316. The van der Waals surface area contributed by atoms with Crippen molar-refractivity contribution in [2.45, 2.75) is 31.0 Å². The minimum absolute atomic E-state index is 0.264. The minimum Gasteiger partial charge on any atom is -0.456 e. The molecular formula is C19H16Br2F2N3O10P. The Morgan fingerprint density at radius 3 is 2.70 bits per heavy atom. The van der Waals surface area contributed by atoms with Gasteiger partial charge < -0.3 is 28.8 Å². The Labute approximate surface area is 221 Å². The number of fused-ring (bicyclic) bond motifs is 1. The van der Waals surface area contributed by atoms with Crippen LogP contribution < -0.4 is 11.0 Å². The quantitative estimate of drug-likeness (QED) is 0.270. The van der Waals surface area contributed by atoms with Gasteiger partial charge >= 0.3 is 25.5 Å². The van der Waals surface area contributed by atoms with E-state index in [1.54, 1.807) is 18.2 Å². The predicted molar refractivity (Wildman–Crippen MR) is 127 cm³/mol. The second-order valence-electron chi connectivity index (χ2n) is 7.66. The summed E-state index contributed by atoms with van der Waals surface area (Å²) in [7, 11) is -5.02. The number of anilines is 1. The fourth-order valence-electron chi connectivity index (χ4n) is 3.42. The van der Waals surface area contributed by atoms with Gasteiger partial charge in [0.05, 0.1) is 11.1 Å². The van der Waals surface area contributed by atoms with Gasteiger partial charge in [0.25, 0.3) is 0 Å². The molecule has 4 rings (SSSR count). The van der Waals surface area contributed by atoms with Crippen molar-refractivity contribution in [3.8, 4) is 0 Å². The number of nitrogens with one attached hydrogen (secondary N) is 1. The molecule has 3 heterocycles. The number of carbonyl (C=O) groups excluding carboxylic acids is 1. The molecule has 0 bridgehead atoms. The Kier molecular flexibility index (Phi) is 7.88. The summed E-state index contributed by atoms with van der Waals surface area (Å²) in [4.78, 5) is 45.4. The summed E-state index contributed by atoms with van der Waals surface area (Å²) in [5.41, 5.74) is -0.738. The second kappa shape index (κ2) is 10.5. The number of halogens is 4. The molecule has 1 amide bonds. The lowest BCUT2D eigenvalue weighted by atomic mass is 10.1. The van der Waals surface area contributed by atoms with Crippen LogP contribution >= 0.6 is 39.7 Å². The van der Waals surface area contributed by atoms with Crippen molar-refractivity contribution in [3.63, 3.8) is 0 Å². The van der Waals surface area contributed by atoms with Gasteiger partial charge in [-0.05, 0) is 40.2 Å². The molecule has 0 saturated carbocycles. The van der Waals surface area contributed by atoms with Gasteiger partial charge in [0.2, 0.25) is 6.23 Å². The molecule has 2 aromatic heterocycles. The van der Waals surface area contributed by atoms with E-state index in [9.17, 15) is 28.0 Å². The maximum absolute atomic E-state index is 14.5. The van der Waals surface area contributed by atoms with Crippen LogP contribution in [0.3, 0.4) is 0 Å². The number of ether oxygens (including phenoxy) is 2. The topological polar surface area (TPSA) is 183 Å². The average molecular weight is 675 g/mol. The number of aliphatic hydroxyl groups excluding tert-OH is 1. The molecular weight excluding hydrogens is 659 g/mol. The van der Waals surface area contributed by atoms with E-state index in [-0.39, 0.29) is 12.4 Å². The number of rotatable bonds is 7. The van der Waals surface area contributed by atoms with Crippen molar-refractivity contribution in [1.29, 1.82) is 0 Å². The van der Waals surface area contributed by atoms with Crippen LogP contribution in [0, 0.1) is 0 Å². The average Bonchev–Trinajstić information content (AvgIpc) is 3.29. The molecule has 200 valence electrons. The lowest BCUT2D eigenvalue weighted by Gasteiger charge is -2.21. The zero-order valence-corrected chi connectivity index (χ0v) is 22.2. The molecule has 1 fully saturated rings. The number of nitrogens with zero attached hydrogens (tertiary/aromatic N) is 2. The Bertz CT molecular complexity index is 1450. The summed E-state index contributed by atoms with van der Waals surface area (Å²) in [6, 6.07) is 6.24. The number of carbonyl (C=O) groups is 1. The molecule has 1 saturated heterocycles. The molecule has 3 atom stereocenters. The van der Waals surface area contributed by atoms with E-state index in [1.165, 1.54) is 0 Å². The maximum atomic E-state index is 14.5. The first-order chi connectivity index (χ1) is 17.2. The number of furan rings is 1. The summed E-state index contributed by atoms with van der Waals surface area (Å²) >= 11 is 6.71. The van der Waals surface area contributed by atoms with Gasteiger partial charge in [-0.25, -0.2) is 14.2 Å². The van der Waals surface area contributed by atoms with Crippen LogP contribution in [0.5, 0.6) is 0 Å². The van der Waals surface area contributed by atoms with Crippen molar-refractivity contribution in [1.82, 2.24) is 9.55 Å². The summed E-state index contributed by atoms with van der Waals surface area (Å²) < 4.78 is 61.4. The number of aromatic nitrogens is 2. The zero-order valence-electron chi connectivity index (χ0n) is 18.1. The van der Waals surface area contributed by atoms with E-state index in [2.05, 4.69) is 46.7 Å². The highest BCUT2D eigenvalue weighted by molar-refractivity contribution is 9.11. The number of amides is 1. The first-order valence-corrected chi connectivity index (χ1v) is 13.2. The van der Waals surface area contributed by atoms with Crippen LogP contribution in [0.1, 0.15) is 12.0 Å². The molecule has 1 aromatic carbocycles. The molecule has 1 aliphatic heterocycles. The van der Waals surface area contributed by atoms with Crippen molar-refractivity contribution in [2.24, 2.45) is 0 Å². The van der Waals surface area contributed by atoms with Crippen LogP contribution in [-0.2, 0) is 25.2 Å². The normalized spacial score (nSPS) is 21.3. The third kappa shape index (κ3) is 6.26. The van der Waals surface area contributed by atoms with Gasteiger partial charge in [0.15, 0.2) is 12.7 Å². The molecule has 0 radical (unpaired) electrons. The summed E-state index contributed by atoms with van der Waals surface area (Å²) in [5, 5.41) is 12.7. The van der Waals surface area contributed by atoms with E-state index in [4.69, 9.17) is 23.7 Å². The molecule has 1 unspecified atom stereocenters. The Morgan fingerprint density at radius 2 is 2.03 bits per heavy atom. The third-order valence-electron chi connectivity index (χ3n) is 5.03. The van der Waals surface area contributed by atoms with Crippen molar-refractivity contribution >= 4 is 62.6 Å². The van der Waals surface area contributed by atoms with Crippen LogP contribution in [0.4, 0.5) is 19.4 Å². The Balaban J connectivity index is 1.40. The number of benzene rings is 1. The van der Waals surface area contributed by atoms with E-state index in [1.807, 2.05) is 0 Å². The highest BCUT2D eigenvalue weighted by Gasteiger charge is 2.60. The lowest BCUT2D eigenvalue weighted by molar-refractivity contribution is -0.140.